The van der Waals surface area contributed by atoms with E-state index in [1.807, 2.05) is 35.7 Å². The highest BCUT2D eigenvalue weighted by molar-refractivity contribution is 8.16. The van der Waals surface area contributed by atoms with E-state index in [2.05, 4.69) is 15.8 Å². The zero-order valence-electron chi connectivity index (χ0n) is 12.1. The van der Waals surface area contributed by atoms with Gasteiger partial charge in [0.25, 0.3) is 0 Å². The third kappa shape index (κ3) is 3.75. The fraction of sp³-hybridized carbons (Fsp3) is 0.0625. The zero-order valence-corrected chi connectivity index (χ0v) is 14.5. The van der Waals surface area contributed by atoms with E-state index in [0.717, 1.165) is 22.7 Å². The molecule has 2 aromatic rings. The number of nitrogens with one attached hydrogen (secondary N) is 2. The van der Waals surface area contributed by atoms with Crippen molar-refractivity contribution in [3.05, 3.63) is 63.5 Å². The van der Waals surface area contributed by atoms with Gasteiger partial charge in [-0.1, -0.05) is 47.1 Å². The van der Waals surface area contributed by atoms with E-state index in [1.54, 1.807) is 19.2 Å². The minimum Gasteiger partial charge on any atom is -0.496 e. The lowest BCUT2D eigenvalue weighted by Gasteiger charge is -2.20. The van der Waals surface area contributed by atoms with Gasteiger partial charge in [0.15, 0.2) is 5.17 Å². The molecule has 7 heteroatoms. The summed E-state index contributed by atoms with van der Waals surface area (Å²) in [5.41, 5.74) is 8.81. The average Bonchev–Trinajstić information content (AvgIpc) is 2.59. The molecule has 0 spiro atoms. The molecule has 0 atom stereocenters. The van der Waals surface area contributed by atoms with Gasteiger partial charge >= 0.3 is 0 Å². The van der Waals surface area contributed by atoms with Crippen LogP contribution in [0.15, 0.2) is 52.9 Å². The number of rotatable bonds is 3. The van der Waals surface area contributed by atoms with Gasteiger partial charge in [0.2, 0.25) is 0 Å². The van der Waals surface area contributed by atoms with Crippen molar-refractivity contribution in [1.29, 1.82) is 0 Å². The van der Waals surface area contributed by atoms with Gasteiger partial charge in [-0.15, -0.1) is 0 Å². The Kier molecular flexibility index (Phi) is 5.00. The Hall–Kier alpha value is -1.82. The van der Waals surface area contributed by atoms with E-state index in [9.17, 15) is 0 Å². The van der Waals surface area contributed by atoms with E-state index < -0.39 is 0 Å². The fourth-order valence-electron chi connectivity index (χ4n) is 2.02. The van der Waals surface area contributed by atoms with Gasteiger partial charge in [-0.05, 0) is 30.3 Å². The number of hydrogen-bond donors (Lipinski definition) is 2. The van der Waals surface area contributed by atoms with Crippen molar-refractivity contribution in [3.63, 3.8) is 0 Å². The first kappa shape index (κ1) is 16.1. The van der Waals surface area contributed by atoms with E-state index in [-0.39, 0.29) is 0 Å². The van der Waals surface area contributed by atoms with Crippen molar-refractivity contribution >= 4 is 51.5 Å². The third-order valence-corrected chi connectivity index (χ3v) is 4.63. The van der Waals surface area contributed by atoms with Crippen molar-refractivity contribution in [2.75, 3.05) is 7.11 Å². The number of hydrazine groups is 1. The molecule has 1 aliphatic heterocycles. The van der Waals surface area contributed by atoms with Crippen molar-refractivity contribution < 1.29 is 4.74 Å². The van der Waals surface area contributed by atoms with Crippen molar-refractivity contribution in [2.24, 2.45) is 4.99 Å². The van der Waals surface area contributed by atoms with Crippen LogP contribution >= 0.6 is 35.0 Å². The van der Waals surface area contributed by atoms with E-state index in [0.29, 0.717) is 15.2 Å². The lowest BCUT2D eigenvalue weighted by atomic mass is 10.1. The summed E-state index contributed by atoms with van der Waals surface area (Å²) in [6.45, 7) is 0. The SMILES string of the molecule is COc1ccccc1C1=CSC(=Nc2ccc(Cl)c(Cl)c2)NN1. The van der Waals surface area contributed by atoms with Gasteiger partial charge in [-0.25, -0.2) is 4.99 Å². The number of para-hydroxylation sites is 1. The molecular weight excluding hydrogens is 353 g/mol. The molecule has 0 unspecified atom stereocenters. The summed E-state index contributed by atoms with van der Waals surface area (Å²) in [4.78, 5) is 4.48. The third-order valence-electron chi connectivity index (χ3n) is 3.12. The van der Waals surface area contributed by atoms with Crippen molar-refractivity contribution in [2.45, 2.75) is 0 Å². The molecule has 2 N–H and O–H groups in total. The van der Waals surface area contributed by atoms with Crippen LogP contribution in [0.4, 0.5) is 5.69 Å². The molecule has 0 saturated carbocycles. The maximum absolute atomic E-state index is 6.00. The Bertz CT molecular complexity index is 793. The van der Waals surface area contributed by atoms with Crippen molar-refractivity contribution in [3.8, 4) is 5.75 Å². The van der Waals surface area contributed by atoms with Crippen LogP contribution in [0.5, 0.6) is 5.75 Å². The second-order valence-corrected chi connectivity index (χ2v) is 6.29. The van der Waals surface area contributed by atoms with Crippen LogP contribution < -0.4 is 15.6 Å². The molecule has 0 radical (unpaired) electrons. The molecule has 0 amide bonds. The normalized spacial score (nSPS) is 15.6. The van der Waals surface area contributed by atoms with Crippen molar-refractivity contribution in [1.82, 2.24) is 10.9 Å². The van der Waals surface area contributed by atoms with E-state index in [1.165, 1.54) is 11.8 Å². The van der Waals surface area contributed by atoms with Gasteiger partial charge in [0.05, 0.1) is 28.5 Å². The molecule has 0 bridgehead atoms. The quantitative estimate of drug-likeness (QED) is 0.817. The average molecular weight is 366 g/mol. The van der Waals surface area contributed by atoms with Gasteiger partial charge in [0, 0.05) is 11.0 Å². The minimum absolute atomic E-state index is 0.479. The van der Waals surface area contributed by atoms with Crippen LogP contribution in [0.2, 0.25) is 10.0 Å². The molecular formula is C16H13Cl2N3OS. The number of amidine groups is 1. The highest BCUT2D eigenvalue weighted by atomic mass is 35.5. The molecule has 3 rings (SSSR count). The number of methoxy groups -OCH3 is 1. The van der Waals surface area contributed by atoms with Crippen LogP contribution in [0, 0.1) is 0 Å². The zero-order chi connectivity index (χ0) is 16.2. The predicted octanol–water partition coefficient (Wildman–Crippen LogP) is 4.83. The Balaban J connectivity index is 1.80. The number of ether oxygens (including phenoxy) is 1. The van der Waals surface area contributed by atoms with Gasteiger partial charge in [-0.2, -0.15) is 0 Å². The maximum Gasteiger partial charge on any atom is 0.184 e. The second kappa shape index (κ2) is 7.17. The van der Waals surface area contributed by atoms with Gasteiger partial charge < -0.3 is 4.74 Å². The van der Waals surface area contributed by atoms with Crippen LogP contribution in [-0.2, 0) is 0 Å². The number of thioether (sulfide) groups is 1. The Labute approximate surface area is 148 Å². The number of nitrogens with zero attached hydrogens (tertiary/aromatic N) is 1. The molecule has 118 valence electrons. The fourth-order valence-corrected chi connectivity index (χ4v) is 2.99. The number of benzene rings is 2. The molecule has 2 aromatic carbocycles. The summed E-state index contributed by atoms with van der Waals surface area (Å²) >= 11 is 13.4. The summed E-state index contributed by atoms with van der Waals surface area (Å²) in [6.07, 6.45) is 0. The largest absolute Gasteiger partial charge is 0.496 e. The first-order chi connectivity index (χ1) is 11.2. The first-order valence-electron chi connectivity index (χ1n) is 6.73. The molecule has 0 aromatic heterocycles. The molecule has 0 saturated heterocycles. The maximum atomic E-state index is 6.00. The molecule has 0 fully saturated rings. The van der Waals surface area contributed by atoms with Crippen LogP contribution in [0.25, 0.3) is 5.70 Å². The topological polar surface area (TPSA) is 45.6 Å². The number of aliphatic imine (C=N–C) groups is 1. The molecule has 4 nitrogen and oxygen atoms in total. The standard InChI is InChI=1S/C16H13Cl2N3OS/c1-22-15-5-3-2-4-11(15)14-9-23-16(21-20-14)19-10-6-7-12(17)13(18)8-10/h2-9,20H,1H3,(H,19,21). The van der Waals surface area contributed by atoms with Gasteiger partial charge in [-0.3, -0.25) is 10.9 Å². The molecule has 1 aliphatic rings. The predicted molar refractivity (Wildman–Crippen MR) is 98.4 cm³/mol. The summed E-state index contributed by atoms with van der Waals surface area (Å²) in [5.74, 6) is 0.804. The van der Waals surface area contributed by atoms with E-state index in [4.69, 9.17) is 27.9 Å². The number of hydrogen-bond acceptors (Lipinski definition) is 4. The van der Waals surface area contributed by atoms with Crippen LogP contribution in [-0.4, -0.2) is 12.3 Å². The molecule has 23 heavy (non-hydrogen) atoms. The highest BCUT2D eigenvalue weighted by Crippen LogP contribution is 2.30. The monoisotopic (exact) mass is 365 g/mol. The summed E-state index contributed by atoms with van der Waals surface area (Å²) in [7, 11) is 1.65. The molecule has 0 aliphatic carbocycles. The lowest BCUT2D eigenvalue weighted by Crippen LogP contribution is -2.36. The molecule has 1 heterocycles. The smallest absolute Gasteiger partial charge is 0.184 e. The van der Waals surface area contributed by atoms with Gasteiger partial charge in [0.1, 0.15) is 5.75 Å². The minimum atomic E-state index is 0.479. The first-order valence-corrected chi connectivity index (χ1v) is 8.37. The summed E-state index contributed by atoms with van der Waals surface area (Å²) < 4.78 is 5.37. The lowest BCUT2D eigenvalue weighted by molar-refractivity contribution is 0.413. The highest BCUT2D eigenvalue weighted by Gasteiger charge is 2.13. The van der Waals surface area contributed by atoms with E-state index >= 15 is 0 Å². The summed E-state index contributed by atoms with van der Waals surface area (Å²) in [6, 6.07) is 13.1. The second-order valence-electron chi connectivity index (χ2n) is 4.62. The Morgan fingerprint density at radius 2 is 1.87 bits per heavy atom. The number of halogens is 2. The van der Waals surface area contributed by atoms with Crippen LogP contribution in [0.3, 0.4) is 0 Å². The summed E-state index contributed by atoms with van der Waals surface area (Å²) in [5, 5.41) is 3.68. The Morgan fingerprint density at radius 3 is 2.57 bits per heavy atom. The van der Waals surface area contributed by atoms with Crippen LogP contribution in [0.1, 0.15) is 5.56 Å². The Morgan fingerprint density at radius 1 is 1.04 bits per heavy atom.